The third-order valence-corrected chi connectivity index (χ3v) is 6.82. The molecule has 0 bridgehead atoms. The van der Waals surface area contributed by atoms with Gasteiger partial charge in [-0.25, -0.2) is 9.78 Å². The number of fused-ring (bicyclic) bond motifs is 1. The Labute approximate surface area is 209 Å². The number of pyridine rings is 1. The monoisotopic (exact) mass is 509 g/mol. The molecule has 0 amide bonds. The lowest BCUT2D eigenvalue weighted by molar-refractivity contribution is -0.147. The van der Waals surface area contributed by atoms with E-state index >= 15 is 0 Å². The minimum absolute atomic E-state index is 0.153. The highest BCUT2D eigenvalue weighted by atomic mass is 19.4. The van der Waals surface area contributed by atoms with Crippen molar-refractivity contribution in [3.8, 4) is 22.5 Å². The molecule has 2 aromatic heterocycles. The highest BCUT2D eigenvalue weighted by Gasteiger charge is 2.44. The van der Waals surface area contributed by atoms with Crippen LogP contribution in [0.25, 0.3) is 33.4 Å². The summed E-state index contributed by atoms with van der Waals surface area (Å²) < 4.78 is 43.4. The van der Waals surface area contributed by atoms with Crippen LogP contribution in [0.15, 0.2) is 60.7 Å². The molecule has 2 N–H and O–H groups in total. The maximum Gasteiger partial charge on any atom is 0.433 e. The van der Waals surface area contributed by atoms with Crippen molar-refractivity contribution in [2.24, 2.45) is 5.92 Å². The maximum atomic E-state index is 14.2. The Balaban J connectivity index is 1.63. The van der Waals surface area contributed by atoms with Crippen molar-refractivity contribution < 1.29 is 33.0 Å². The summed E-state index contributed by atoms with van der Waals surface area (Å²) in [6.07, 6.45) is -4.29. The molecule has 2 heterocycles. The second-order valence-corrected chi connectivity index (χ2v) is 9.13. The number of carbonyl (C=O) groups is 2. The molecule has 37 heavy (non-hydrogen) atoms. The molecule has 5 rings (SSSR count). The smallest absolute Gasteiger partial charge is 0.433 e. The molecule has 2 aromatic carbocycles. The molecule has 0 unspecified atom stereocenters. The summed E-state index contributed by atoms with van der Waals surface area (Å²) in [5.74, 6) is -3.36. The van der Waals surface area contributed by atoms with Crippen LogP contribution in [0.2, 0.25) is 0 Å². The molecule has 1 fully saturated rings. The fourth-order valence-electron chi connectivity index (χ4n) is 4.98. The van der Waals surface area contributed by atoms with Crippen LogP contribution in [-0.4, -0.2) is 36.9 Å². The number of nitrogens with zero attached hydrogens (tertiary/aromatic N) is 3. The third kappa shape index (κ3) is 4.66. The average Bonchev–Trinajstić information content (AvgIpc) is 3.30. The number of carboxylic acids is 2. The fourth-order valence-corrected chi connectivity index (χ4v) is 4.98. The van der Waals surface area contributed by atoms with E-state index in [-0.39, 0.29) is 36.9 Å². The third-order valence-electron chi connectivity index (χ3n) is 6.82. The van der Waals surface area contributed by atoms with E-state index in [1.165, 1.54) is 6.07 Å². The highest BCUT2D eigenvalue weighted by Crippen LogP contribution is 2.42. The first-order chi connectivity index (χ1) is 17.6. The number of rotatable bonds is 5. The first kappa shape index (κ1) is 24.5. The second-order valence-electron chi connectivity index (χ2n) is 9.13. The molecular formula is C27H22F3N3O4. The Morgan fingerprint density at radius 3 is 2.19 bits per heavy atom. The van der Waals surface area contributed by atoms with Gasteiger partial charge in [-0.3, -0.25) is 9.48 Å². The maximum absolute atomic E-state index is 14.2. The minimum Gasteiger partial charge on any atom is -0.481 e. The van der Waals surface area contributed by atoms with Crippen LogP contribution >= 0.6 is 0 Å². The largest absolute Gasteiger partial charge is 0.481 e. The van der Waals surface area contributed by atoms with E-state index in [4.69, 9.17) is 0 Å². The zero-order chi connectivity index (χ0) is 26.3. The summed E-state index contributed by atoms with van der Waals surface area (Å²) in [6.45, 7) is 0. The lowest BCUT2D eigenvalue weighted by Crippen LogP contribution is -2.27. The van der Waals surface area contributed by atoms with E-state index < -0.39 is 41.3 Å². The van der Waals surface area contributed by atoms with Gasteiger partial charge in [-0.15, -0.1) is 0 Å². The van der Waals surface area contributed by atoms with E-state index in [0.29, 0.717) is 11.2 Å². The fraction of sp³-hybridized carbons (Fsp3) is 0.259. The number of halogens is 3. The van der Waals surface area contributed by atoms with Gasteiger partial charge < -0.3 is 10.2 Å². The summed E-state index contributed by atoms with van der Waals surface area (Å²) in [7, 11) is 0. The summed E-state index contributed by atoms with van der Waals surface area (Å²) in [5, 5.41) is 24.0. The van der Waals surface area contributed by atoms with Crippen molar-refractivity contribution in [1.29, 1.82) is 0 Å². The average molecular weight is 509 g/mol. The first-order valence-electron chi connectivity index (χ1n) is 11.8. The van der Waals surface area contributed by atoms with Crippen molar-refractivity contribution in [2.45, 2.75) is 37.9 Å². The highest BCUT2D eigenvalue weighted by molar-refractivity contribution is 5.98. The van der Waals surface area contributed by atoms with E-state index in [1.807, 2.05) is 42.5 Å². The van der Waals surface area contributed by atoms with E-state index in [0.717, 1.165) is 15.6 Å². The number of carboxylic acid groups (broad SMARTS) is 2. The second kappa shape index (κ2) is 9.34. The Kier molecular flexibility index (Phi) is 6.18. The molecule has 1 aliphatic carbocycles. The summed E-state index contributed by atoms with van der Waals surface area (Å²) >= 11 is 0. The minimum atomic E-state index is -4.97. The van der Waals surface area contributed by atoms with Crippen LogP contribution in [0.1, 0.15) is 47.8 Å². The summed E-state index contributed by atoms with van der Waals surface area (Å²) in [6, 6.07) is 17.0. The van der Waals surface area contributed by atoms with Crippen molar-refractivity contribution >= 4 is 22.8 Å². The number of aromatic carboxylic acids is 1. The van der Waals surface area contributed by atoms with Crippen LogP contribution in [0.4, 0.5) is 13.2 Å². The van der Waals surface area contributed by atoms with Crippen molar-refractivity contribution in [3.63, 3.8) is 0 Å². The zero-order valence-electron chi connectivity index (χ0n) is 19.4. The Bertz CT molecular complexity index is 1490. The zero-order valence-corrected chi connectivity index (χ0v) is 19.4. The quantitative estimate of drug-likeness (QED) is 0.327. The van der Waals surface area contributed by atoms with Gasteiger partial charge in [-0.1, -0.05) is 48.5 Å². The number of aromatic nitrogens is 3. The van der Waals surface area contributed by atoms with Crippen LogP contribution in [0.5, 0.6) is 0 Å². The Hall–Kier alpha value is -4.21. The molecule has 0 radical (unpaired) electrons. The first-order valence-corrected chi connectivity index (χ1v) is 11.8. The molecule has 0 aliphatic heterocycles. The molecule has 1 saturated carbocycles. The van der Waals surface area contributed by atoms with Gasteiger partial charge in [0.25, 0.3) is 0 Å². The molecule has 1 aliphatic rings. The lowest BCUT2D eigenvalue weighted by atomic mass is 9.86. The number of hydrogen-bond acceptors (Lipinski definition) is 4. The standard InChI is InChI=1S/C27H22F3N3O4/c28-27(29,30)24-22(26(36)37)23(32-33(24)19-11-8-17(9-12-19)25(34)35)18-7-6-16-10-13-20(31-21(16)14-18)15-4-2-1-3-5-15/h1-7,10,13-14,17,19H,8-9,11-12H2,(H,34,35)(H,36,37). The molecule has 0 spiro atoms. The van der Waals surface area contributed by atoms with Gasteiger partial charge in [-0.2, -0.15) is 18.3 Å². The number of alkyl halides is 3. The molecule has 4 aromatic rings. The van der Waals surface area contributed by atoms with Crippen molar-refractivity contribution in [2.75, 3.05) is 0 Å². The predicted octanol–water partition coefficient (Wildman–Crippen LogP) is 6.30. The molecule has 190 valence electrons. The van der Waals surface area contributed by atoms with Gasteiger partial charge in [0, 0.05) is 16.5 Å². The molecule has 7 nitrogen and oxygen atoms in total. The molecule has 0 saturated heterocycles. The van der Waals surface area contributed by atoms with Crippen molar-refractivity contribution in [3.05, 3.63) is 71.9 Å². The van der Waals surface area contributed by atoms with Gasteiger partial charge in [-0.05, 0) is 37.8 Å². The number of aliphatic carboxylic acids is 1. The van der Waals surface area contributed by atoms with Gasteiger partial charge >= 0.3 is 18.1 Å². The lowest BCUT2D eigenvalue weighted by Gasteiger charge is -2.28. The predicted molar refractivity (Wildman–Crippen MR) is 129 cm³/mol. The number of benzene rings is 2. The van der Waals surface area contributed by atoms with Crippen LogP contribution in [0, 0.1) is 5.92 Å². The molecule has 0 atom stereocenters. The van der Waals surface area contributed by atoms with Gasteiger partial charge in [0.2, 0.25) is 0 Å². The van der Waals surface area contributed by atoms with Crippen molar-refractivity contribution in [1.82, 2.24) is 14.8 Å². The van der Waals surface area contributed by atoms with Gasteiger partial charge in [0.1, 0.15) is 11.3 Å². The van der Waals surface area contributed by atoms with Crippen LogP contribution in [0.3, 0.4) is 0 Å². The summed E-state index contributed by atoms with van der Waals surface area (Å²) in [5.41, 5.74) is -0.339. The normalized spacial score (nSPS) is 18.1. The van der Waals surface area contributed by atoms with Gasteiger partial charge in [0.05, 0.1) is 23.2 Å². The Morgan fingerprint density at radius 1 is 0.892 bits per heavy atom. The van der Waals surface area contributed by atoms with Crippen LogP contribution in [-0.2, 0) is 11.0 Å². The van der Waals surface area contributed by atoms with E-state index in [2.05, 4.69) is 10.1 Å². The number of hydrogen-bond donors (Lipinski definition) is 2. The van der Waals surface area contributed by atoms with E-state index in [1.54, 1.807) is 12.1 Å². The topological polar surface area (TPSA) is 105 Å². The van der Waals surface area contributed by atoms with E-state index in [9.17, 15) is 33.0 Å². The summed E-state index contributed by atoms with van der Waals surface area (Å²) in [4.78, 5) is 28.1. The SMILES string of the molecule is O=C(O)c1c(-c2ccc3ccc(-c4ccccc4)nc3c2)nn(C2CCC(C(=O)O)CC2)c1C(F)(F)F. The molecular weight excluding hydrogens is 487 g/mol. The van der Waals surface area contributed by atoms with Crippen LogP contribution < -0.4 is 0 Å². The Morgan fingerprint density at radius 2 is 1.57 bits per heavy atom. The molecule has 10 heteroatoms. The van der Waals surface area contributed by atoms with Gasteiger partial charge in [0.15, 0.2) is 5.69 Å².